The van der Waals surface area contributed by atoms with Crippen LogP contribution >= 0.6 is 0 Å². The molecule has 19 valence electrons. The molecule has 4 heteroatoms. The van der Waals surface area contributed by atoms with Gasteiger partial charge in [-0.15, -0.1) is 0 Å². The van der Waals surface area contributed by atoms with Crippen LogP contribution < -0.4 is 0 Å². The molecule has 0 aliphatic heterocycles. The van der Waals surface area contributed by atoms with Crippen LogP contribution in [0.1, 0.15) is 0 Å². The van der Waals surface area contributed by atoms with Crippen LogP contribution in [0, 0.1) is 0 Å². The van der Waals surface area contributed by atoms with Gasteiger partial charge in [0.05, 0.1) is 0 Å². The second kappa shape index (κ2) is 19.9. The minimum Gasteiger partial charge on any atom is 0 e. The van der Waals surface area contributed by atoms with Crippen molar-refractivity contribution in [1.29, 1.82) is 0 Å². The molecule has 0 amide bonds. The van der Waals surface area contributed by atoms with Gasteiger partial charge in [-0.25, -0.2) is 0 Å². The molecule has 1 nitrogen and oxygen atoms in total. The van der Waals surface area contributed by atoms with Gasteiger partial charge in [0.1, 0.15) is 0 Å². The molecule has 0 aromatic carbocycles. The summed E-state index contributed by atoms with van der Waals surface area (Å²) in [5, 5.41) is 0. The molecule has 2 N–H and O–H groups in total. The summed E-state index contributed by atoms with van der Waals surface area (Å²) in [6, 6.07) is 0. The van der Waals surface area contributed by atoms with Crippen molar-refractivity contribution in [2.45, 2.75) is 0 Å². The molecule has 0 heterocycles. The third-order valence-corrected chi connectivity index (χ3v) is 0. The Morgan fingerprint density at radius 2 is 1.00 bits per heavy atom. The van der Waals surface area contributed by atoms with Crippen molar-refractivity contribution < 1.29 is 49.6 Å². The minimum absolute atomic E-state index is 0. The van der Waals surface area contributed by atoms with Crippen molar-refractivity contribution in [3.63, 3.8) is 0 Å². The van der Waals surface area contributed by atoms with E-state index < -0.39 is 0 Å². The molecule has 4 heavy (non-hydrogen) atoms. The smallest absolute Gasteiger partial charge is 0 e. The average molecular weight is 167 g/mol. The van der Waals surface area contributed by atoms with Gasteiger partial charge in [0.25, 0.3) is 0 Å². The Balaban J connectivity index is 0. The maximum Gasteiger partial charge on any atom is 0 e. The van der Waals surface area contributed by atoms with Gasteiger partial charge < -0.3 is 5.48 Å². The van der Waals surface area contributed by atoms with Crippen molar-refractivity contribution >= 4 is 18.9 Å². The fourth-order valence-electron chi connectivity index (χ4n) is 0. The van der Waals surface area contributed by atoms with E-state index in [0.29, 0.717) is 0 Å². The molecule has 0 atom stereocenters. The van der Waals surface area contributed by atoms with Gasteiger partial charge >= 0.3 is 18.9 Å². The molecule has 0 unspecified atom stereocenters. The molecule has 0 aromatic heterocycles. The van der Waals surface area contributed by atoms with Gasteiger partial charge in [0.15, 0.2) is 0 Å². The van der Waals surface area contributed by atoms with Crippen molar-refractivity contribution in [2.24, 2.45) is 0 Å². The standard InChI is InChI=1S/Li.Nb.H2O.Ti.H/h;;1H2;;. The zero-order valence-electron chi connectivity index (χ0n) is 1.45. The van der Waals surface area contributed by atoms with Crippen molar-refractivity contribution in [3.05, 3.63) is 0 Å². The summed E-state index contributed by atoms with van der Waals surface area (Å²) in [6.45, 7) is 0. The Labute approximate surface area is 67.8 Å². The summed E-state index contributed by atoms with van der Waals surface area (Å²) in [6.07, 6.45) is 0. The van der Waals surface area contributed by atoms with Crippen LogP contribution in [-0.2, 0) is 44.1 Å². The van der Waals surface area contributed by atoms with Crippen LogP contribution in [0.4, 0.5) is 0 Å². The normalized spacial score (nSPS) is 0. The van der Waals surface area contributed by atoms with Crippen molar-refractivity contribution in [1.82, 2.24) is 0 Å². The molecule has 0 rings (SSSR count). The van der Waals surface area contributed by atoms with Gasteiger partial charge in [-0.1, -0.05) is 0 Å². The summed E-state index contributed by atoms with van der Waals surface area (Å²) < 4.78 is 0. The van der Waals surface area contributed by atoms with E-state index in [1.54, 1.807) is 0 Å². The SMILES string of the molecule is O.[LiH].[Nb].[Ti]. The third-order valence-electron chi connectivity index (χ3n) is 0. The molecule has 0 bridgehead atoms. The quantitative estimate of drug-likeness (QED) is 0.394. The molecule has 0 aromatic rings. The molecule has 0 aliphatic carbocycles. The summed E-state index contributed by atoms with van der Waals surface area (Å²) in [5.41, 5.74) is 0. The zero-order valence-corrected chi connectivity index (χ0v) is 5.21. The number of rotatable bonds is 0. The van der Waals surface area contributed by atoms with Crippen molar-refractivity contribution in [2.75, 3.05) is 0 Å². The van der Waals surface area contributed by atoms with Crippen LogP contribution in [0.2, 0.25) is 0 Å². The van der Waals surface area contributed by atoms with E-state index in [0.717, 1.165) is 0 Å². The predicted molar refractivity (Wildman–Crippen MR) is 10.8 cm³/mol. The molecule has 1 radical (unpaired) electrons. The Morgan fingerprint density at radius 3 is 1.00 bits per heavy atom. The van der Waals surface area contributed by atoms with E-state index in [4.69, 9.17) is 0 Å². The largest absolute Gasteiger partial charge is 0 e. The average Bonchev–Trinajstić information content (AvgIpc) is 0. The van der Waals surface area contributed by atoms with Crippen LogP contribution in [0.3, 0.4) is 0 Å². The fraction of sp³-hybridized carbons (Fsp3) is 0. The van der Waals surface area contributed by atoms with Gasteiger partial charge in [-0.3, -0.25) is 0 Å². The topological polar surface area (TPSA) is 31.5 Å². The summed E-state index contributed by atoms with van der Waals surface area (Å²) in [7, 11) is 0. The molecule has 0 spiro atoms. The number of hydrogen-bond acceptors (Lipinski definition) is 0. The Morgan fingerprint density at radius 1 is 1.00 bits per heavy atom. The Bertz CT molecular complexity index is 8.00. The molecular formula is H3LiNbOTi. The van der Waals surface area contributed by atoms with E-state index in [9.17, 15) is 0 Å². The molecule has 0 saturated carbocycles. The molecule has 0 aliphatic rings. The van der Waals surface area contributed by atoms with E-state index in [2.05, 4.69) is 0 Å². The number of hydrogen-bond donors (Lipinski definition) is 0. The van der Waals surface area contributed by atoms with Crippen LogP contribution in [-0.4, -0.2) is 24.3 Å². The van der Waals surface area contributed by atoms with Gasteiger partial charge in [0.2, 0.25) is 0 Å². The van der Waals surface area contributed by atoms with Gasteiger partial charge in [-0.2, -0.15) is 0 Å². The Kier molecular flexibility index (Phi) is 186. The maximum atomic E-state index is 0. The van der Waals surface area contributed by atoms with Crippen LogP contribution in [0.25, 0.3) is 0 Å². The Hall–Kier alpha value is 2.01. The summed E-state index contributed by atoms with van der Waals surface area (Å²) in [5.74, 6) is 0. The first-order valence-electron chi connectivity index (χ1n) is 0. The van der Waals surface area contributed by atoms with Crippen LogP contribution in [0.5, 0.6) is 0 Å². The van der Waals surface area contributed by atoms with Crippen molar-refractivity contribution in [3.8, 4) is 0 Å². The minimum atomic E-state index is 0. The van der Waals surface area contributed by atoms with E-state index in [1.807, 2.05) is 0 Å². The van der Waals surface area contributed by atoms with Gasteiger partial charge in [-0.05, 0) is 0 Å². The second-order valence-corrected chi connectivity index (χ2v) is 0. The predicted octanol–water partition coefficient (Wildman–Crippen LogP) is -1.48. The zero-order chi connectivity index (χ0) is 0. The first-order chi connectivity index (χ1) is 0. The van der Waals surface area contributed by atoms with Crippen LogP contribution in [0.15, 0.2) is 0 Å². The fourth-order valence-corrected chi connectivity index (χ4v) is 0. The van der Waals surface area contributed by atoms with E-state index in [-0.39, 0.29) is 68.4 Å². The monoisotopic (exact) mass is 167 g/mol. The molecule has 0 saturated heterocycles. The third kappa shape index (κ3) is 8.99. The summed E-state index contributed by atoms with van der Waals surface area (Å²) >= 11 is 0. The summed E-state index contributed by atoms with van der Waals surface area (Å²) in [4.78, 5) is 0. The molecule has 0 fully saturated rings. The van der Waals surface area contributed by atoms with Gasteiger partial charge in [0, 0.05) is 44.1 Å². The van der Waals surface area contributed by atoms with E-state index in [1.165, 1.54) is 0 Å². The first-order valence-corrected chi connectivity index (χ1v) is 0. The maximum absolute atomic E-state index is 0. The van der Waals surface area contributed by atoms with E-state index >= 15 is 0 Å². The molecular weight excluding hydrogens is 164 g/mol. The second-order valence-electron chi connectivity index (χ2n) is 0. The first kappa shape index (κ1) is 37.3.